The Balaban J connectivity index is 1.61. The smallest absolute Gasteiger partial charge is 0.227 e. The normalized spacial score (nSPS) is 11.6. The average molecular weight is 389 g/mol. The number of benzene rings is 2. The second-order valence-corrected chi connectivity index (χ2v) is 9.54. The Kier molecular flexibility index (Phi) is 5.38. The number of aromatic nitrogens is 1. The third-order valence-corrected chi connectivity index (χ3v) is 6.46. The first-order valence-electron chi connectivity index (χ1n) is 8.24. The highest BCUT2D eigenvalue weighted by atomic mass is 32.2. The highest BCUT2D eigenvalue weighted by Gasteiger charge is 2.16. The van der Waals surface area contributed by atoms with E-state index in [1.54, 1.807) is 24.3 Å². The van der Waals surface area contributed by atoms with E-state index in [4.69, 9.17) is 0 Å². The van der Waals surface area contributed by atoms with Gasteiger partial charge in [0.1, 0.15) is 0 Å². The topological polar surface area (TPSA) is 76.1 Å². The summed E-state index contributed by atoms with van der Waals surface area (Å²) in [7, 11) is -3.34. The summed E-state index contributed by atoms with van der Waals surface area (Å²) in [6, 6.07) is 13.0. The zero-order valence-corrected chi connectivity index (χ0v) is 16.3. The number of thiazole rings is 1. The molecule has 1 amide bonds. The molecule has 1 heterocycles. The van der Waals surface area contributed by atoms with Gasteiger partial charge in [-0.25, -0.2) is 13.4 Å². The molecule has 3 rings (SSSR count). The SMILES string of the molecule is Cc1cc(C)c2nc(NC(=O)CCS(=O)(=O)Cc3ccccc3)sc2c1. The Hall–Kier alpha value is -2.25. The molecule has 0 bridgehead atoms. The van der Waals surface area contributed by atoms with Crippen LogP contribution in [-0.4, -0.2) is 25.1 Å². The zero-order chi connectivity index (χ0) is 18.7. The van der Waals surface area contributed by atoms with Crippen molar-refractivity contribution in [1.29, 1.82) is 0 Å². The number of carbonyl (C=O) groups excluding carboxylic acids is 1. The molecule has 0 radical (unpaired) electrons. The van der Waals surface area contributed by atoms with Crippen LogP contribution in [0.1, 0.15) is 23.1 Å². The Morgan fingerprint density at radius 3 is 2.62 bits per heavy atom. The molecule has 2 aromatic carbocycles. The summed E-state index contributed by atoms with van der Waals surface area (Å²) in [6.07, 6.45) is -0.0803. The summed E-state index contributed by atoms with van der Waals surface area (Å²) in [4.78, 5) is 16.6. The quantitative estimate of drug-likeness (QED) is 0.696. The van der Waals surface area contributed by atoms with Crippen molar-refractivity contribution in [3.8, 4) is 0 Å². The number of fused-ring (bicyclic) bond motifs is 1. The van der Waals surface area contributed by atoms with Crippen molar-refractivity contribution in [3.05, 3.63) is 59.2 Å². The fraction of sp³-hybridized carbons (Fsp3) is 0.263. The first-order chi connectivity index (χ1) is 12.3. The molecule has 5 nitrogen and oxygen atoms in total. The van der Waals surface area contributed by atoms with Crippen LogP contribution in [0.15, 0.2) is 42.5 Å². The molecule has 0 aliphatic heterocycles. The molecule has 0 saturated carbocycles. The molecule has 0 atom stereocenters. The van der Waals surface area contributed by atoms with Crippen LogP contribution in [0.3, 0.4) is 0 Å². The van der Waals surface area contributed by atoms with Gasteiger partial charge in [0.05, 0.1) is 21.7 Å². The number of nitrogens with zero attached hydrogens (tertiary/aromatic N) is 1. The van der Waals surface area contributed by atoms with Crippen LogP contribution < -0.4 is 5.32 Å². The van der Waals surface area contributed by atoms with Gasteiger partial charge in [-0.1, -0.05) is 47.7 Å². The number of aryl methyl sites for hydroxylation is 2. The molecule has 0 aliphatic carbocycles. The molecule has 0 fully saturated rings. The molecule has 26 heavy (non-hydrogen) atoms. The summed E-state index contributed by atoms with van der Waals surface area (Å²) in [5.74, 6) is -0.577. The van der Waals surface area contributed by atoms with Gasteiger partial charge in [-0.05, 0) is 36.6 Å². The predicted molar refractivity (Wildman–Crippen MR) is 106 cm³/mol. The van der Waals surface area contributed by atoms with Gasteiger partial charge in [0.25, 0.3) is 0 Å². The maximum atomic E-state index is 12.2. The van der Waals surface area contributed by atoms with Gasteiger partial charge < -0.3 is 5.32 Å². The van der Waals surface area contributed by atoms with E-state index < -0.39 is 9.84 Å². The van der Waals surface area contributed by atoms with E-state index in [2.05, 4.69) is 10.3 Å². The molecule has 1 N–H and O–H groups in total. The maximum absolute atomic E-state index is 12.2. The zero-order valence-electron chi connectivity index (χ0n) is 14.7. The molecule has 3 aromatic rings. The fourth-order valence-electron chi connectivity index (χ4n) is 2.75. The molecule has 0 aliphatic rings. The highest BCUT2D eigenvalue weighted by Crippen LogP contribution is 2.29. The lowest BCUT2D eigenvalue weighted by molar-refractivity contribution is -0.115. The van der Waals surface area contributed by atoms with Gasteiger partial charge in [-0.2, -0.15) is 0 Å². The third kappa shape index (κ3) is 4.68. The van der Waals surface area contributed by atoms with Crippen molar-refractivity contribution in [3.63, 3.8) is 0 Å². The van der Waals surface area contributed by atoms with Crippen molar-refractivity contribution in [2.45, 2.75) is 26.0 Å². The lowest BCUT2D eigenvalue weighted by Gasteiger charge is -2.04. The van der Waals surface area contributed by atoms with Crippen molar-refractivity contribution >= 4 is 42.4 Å². The molecule has 0 saturated heterocycles. The summed E-state index contributed by atoms with van der Waals surface area (Å²) in [6.45, 7) is 4.00. The second kappa shape index (κ2) is 7.55. The van der Waals surface area contributed by atoms with Crippen LogP contribution in [0.5, 0.6) is 0 Å². The van der Waals surface area contributed by atoms with Gasteiger partial charge in [0, 0.05) is 6.42 Å². The summed E-state index contributed by atoms with van der Waals surface area (Å²) in [5, 5.41) is 3.22. The number of anilines is 1. The van der Waals surface area contributed by atoms with E-state index >= 15 is 0 Å². The van der Waals surface area contributed by atoms with E-state index in [-0.39, 0.29) is 23.8 Å². The molecular formula is C19H20N2O3S2. The first kappa shape index (κ1) is 18.5. The minimum atomic E-state index is -3.34. The molecule has 136 valence electrons. The lowest BCUT2D eigenvalue weighted by atomic mass is 10.1. The number of sulfone groups is 1. The van der Waals surface area contributed by atoms with Crippen LogP contribution in [0.2, 0.25) is 0 Å². The summed E-state index contributed by atoms with van der Waals surface area (Å²) < 4.78 is 25.4. The lowest BCUT2D eigenvalue weighted by Crippen LogP contribution is -2.18. The average Bonchev–Trinajstić information content (AvgIpc) is 2.96. The largest absolute Gasteiger partial charge is 0.302 e. The number of hydrogen-bond acceptors (Lipinski definition) is 5. The Bertz CT molecular complexity index is 1040. The monoisotopic (exact) mass is 388 g/mol. The standard InChI is InChI=1S/C19H20N2O3S2/c1-13-10-14(2)18-16(11-13)25-19(21-18)20-17(22)8-9-26(23,24)12-15-6-4-3-5-7-15/h3-7,10-11H,8-9,12H2,1-2H3,(H,20,21,22). The second-order valence-electron chi connectivity index (χ2n) is 6.32. The molecule has 7 heteroatoms. The van der Waals surface area contributed by atoms with E-state index in [0.29, 0.717) is 5.13 Å². The molecule has 0 unspecified atom stereocenters. The van der Waals surface area contributed by atoms with E-state index in [1.165, 1.54) is 11.3 Å². The number of carbonyl (C=O) groups is 1. The summed E-state index contributed by atoms with van der Waals surface area (Å²) >= 11 is 1.40. The van der Waals surface area contributed by atoms with Crippen molar-refractivity contribution in [1.82, 2.24) is 4.98 Å². The maximum Gasteiger partial charge on any atom is 0.227 e. The minimum Gasteiger partial charge on any atom is -0.302 e. The van der Waals surface area contributed by atoms with Gasteiger partial charge in [-0.15, -0.1) is 0 Å². The molecule has 1 aromatic heterocycles. The molecule has 0 spiro atoms. The Labute approximate surface area is 157 Å². The Morgan fingerprint density at radius 1 is 1.15 bits per heavy atom. The number of amides is 1. The van der Waals surface area contributed by atoms with Gasteiger partial charge in [-0.3, -0.25) is 4.79 Å². The van der Waals surface area contributed by atoms with Crippen LogP contribution in [0.25, 0.3) is 10.2 Å². The van der Waals surface area contributed by atoms with E-state index in [9.17, 15) is 13.2 Å². The van der Waals surface area contributed by atoms with Gasteiger partial charge in [0.15, 0.2) is 15.0 Å². The van der Waals surface area contributed by atoms with Crippen LogP contribution in [0, 0.1) is 13.8 Å². The van der Waals surface area contributed by atoms with Crippen LogP contribution in [0.4, 0.5) is 5.13 Å². The number of hydrogen-bond donors (Lipinski definition) is 1. The van der Waals surface area contributed by atoms with Crippen molar-refractivity contribution in [2.75, 3.05) is 11.1 Å². The fourth-order valence-corrected chi connectivity index (χ4v) is 5.15. The number of rotatable bonds is 6. The minimum absolute atomic E-state index is 0.0548. The molecular weight excluding hydrogens is 368 g/mol. The Morgan fingerprint density at radius 2 is 1.88 bits per heavy atom. The van der Waals surface area contributed by atoms with Gasteiger partial charge in [0.2, 0.25) is 5.91 Å². The highest BCUT2D eigenvalue weighted by molar-refractivity contribution is 7.90. The van der Waals surface area contributed by atoms with Crippen molar-refractivity contribution < 1.29 is 13.2 Å². The predicted octanol–water partition coefficient (Wildman–Crippen LogP) is 3.86. The third-order valence-electron chi connectivity index (χ3n) is 3.95. The van der Waals surface area contributed by atoms with Gasteiger partial charge >= 0.3 is 0 Å². The van der Waals surface area contributed by atoms with E-state index in [0.717, 1.165) is 26.9 Å². The summed E-state index contributed by atoms with van der Waals surface area (Å²) in [5.41, 5.74) is 3.79. The van der Waals surface area contributed by atoms with Crippen molar-refractivity contribution in [2.24, 2.45) is 0 Å². The first-order valence-corrected chi connectivity index (χ1v) is 10.9. The number of nitrogens with one attached hydrogen (secondary N) is 1. The van der Waals surface area contributed by atoms with E-state index in [1.807, 2.05) is 32.0 Å². The van der Waals surface area contributed by atoms with Crippen LogP contribution in [-0.2, 0) is 20.4 Å². The van der Waals surface area contributed by atoms with Crippen LogP contribution >= 0.6 is 11.3 Å².